The van der Waals surface area contributed by atoms with E-state index >= 15 is 0 Å². The predicted octanol–water partition coefficient (Wildman–Crippen LogP) is 5.58. The van der Waals surface area contributed by atoms with E-state index in [9.17, 15) is 9.59 Å². The lowest BCUT2D eigenvalue weighted by Crippen LogP contribution is -2.05. The fourth-order valence-corrected chi connectivity index (χ4v) is 3.86. The molecule has 5 heteroatoms. The van der Waals surface area contributed by atoms with Crippen molar-refractivity contribution in [1.82, 2.24) is 4.98 Å². The van der Waals surface area contributed by atoms with Crippen LogP contribution in [0.3, 0.4) is 0 Å². The van der Waals surface area contributed by atoms with Crippen LogP contribution in [-0.2, 0) is 15.9 Å². The third kappa shape index (κ3) is 4.83. The zero-order chi connectivity index (χ0) is 23.2. The average molecular weight is 437 g/mol. The van der Waals surface area contributed by atoms with Crippen LogP contribution in [0.5, 0.6) is 0 Å². The van der Waals surface area contributed by atoms with Gasteiger partial charge in [0.15, 0.2) is 0 Å². The molecule has 0 aliphatic carbocycles. The molecule has 4 aromatic rings. The second kappa shape index (κ2) is 9.92. The van der Waals surface area contributed by atoms with Crippen LogP contribution in [0.15, 0.2) is 91.1 Å². The second-order valence-corrected chi connectivity index (χ2v) is 7.49. The normalized spacial score (nSPS) is 10.5. The van der Waals surface area contributed by atoms with Crippen LogP contribution in [-0.4, -0.2) is 31.1 Å². The quantitative estimate of drug-likeness (QED) is 0.369. The standard InChI is InChI=1S/C28H23NO4/c1-32-27(30)25-12-5-3-10-23(25)20-15-19(17-22-9-7-8-14-29-22)16-21(18-20)24-11-4-6-13-26(24)28(31)33-2/h3-16,18H,17H2,1-2H3. The number of rotatable bonds is 6. The Morgan fingerprint density at radius 2 is 1.21 bits per heavy atom. The van der Waals surface area contributed by atoms with Gasteiger partial charge in [-0.05, 0) is 58.1 Å². The lowest BCUT2D eigenvalue weighted by Gasteiger charge is -2.14. The lowest BCUT2D eigenvalue weighted by molar-refractivity contribution is 0.0592. The second-order valence-electron chi connectivity index (χ2n) is 7.49. The van der Waals surface area contributed by atoms with E-state index in [1.807, 2.05) is 60.7 Å². The van der Waals surface area contributed by atoms with Crippen molar-refractivity contribution in [2.45, 2.75) is 6.42 Å². The summed E-state index contributed by atoms with van der Waals surface area (Å²) >= 11 is 0. The molecule has 0 saturated carbocycles. The monoisotopic (exact) mass is 437 g/mol. The molecule has 0 unspecified atom stereocenters. The van der Waals surface area contributed by atoms with Gasteiger partial charge in [-0.2, -0.15) is 0 Å². The van der Waals surface area contributed by atoms with E-state index in [0.29, 0.717) is 17.5 Å². The number of pyridine rings is 1. The van der Waals surface area contributed by atoms with Crippen molar-refractivity contribution in [3.8, 4) is 22.3 Å². The predicted molar refractivity (Wildman–Crippen MR) is 127 cm³/mol. The average Bonchev–Trinajstić information content (AvgIpc) is 2.88. The molecule has 3 aromatic carbocycles. The van der Waals surface area contributed by atoms with Crippen molar-refractivity contribution in [2.24, 2.45) is 0 Å². The Hall–Kier alpha value is -4.25. The smallest absolute Gasteiger partial charge is 0.338 e. The molecule has 0 N–H and O–H groups in total. The summed E-state index contributed by atoms with van der Waals surface area (Å²) in [6.45, 7) is 0. The van der Waals surface area contributed by atoms with E-state index in [0.717, 1.165) is 33.5 Å². The third-order valence-electron chi connectivity index (χ3n) is 5.39. The zero-order valence-electron chi connectivity index (χ0n) is 18.4. The van der Waals surface area contributed by atoms with E-state index in [1.54, 1.807) is 30.5 Å². The zero-order valence-corrected chi connectivity index (χ0v) is 18.4. The van der Waals surface area contributed by atoms with Crippen molar-refractivity contribution in [3.05, 3.63) is 114 Å². The van der Waals surface area contributed by atoms with E-state index in [2.05, 4.69) is 4.98 Å². The maximum atomic E-state index is 12.4. The Morgan fingerprint density at radius 1 is 0.697 bits per heavy atom. The van der Waals surface area contributed by atoms with Gasteiger partial charge in [0, 0.05) is 18.3 Å². The van der Waals surface area contributed by atoms with Crippen molar-refractivity contribution in [3.63, 3.8) is 0 Å². The van der Waals surface area contributed by atoms with Gasteiger partial charge in [0.25, 0.3) is 0 Å². The summed E-state index contributed by atoms with van der Waals surface area (Å²) in [6.07, 6.45) is 2.36. The molecular formula is C28H23NO4. The Bertz CT molecular complexity index is 1220. The molecule has 0 amide bonds. The highest BCUT2D eigenvalue weighted by Gasteiger charge is 2.17. The summed E-state index contributed by atoms with van der Waals surface area (Å²) in [5.74, 6) is -0.811. The summed E-state index contributed by atoms with van der Waals surface area (Å²) in [7, 11) is 2.74. The van der Waals surface area contributed by atoms with Gasteiger partial charge in [-0.1, -0.05) is 54.6 Å². The molecule has 0 aliphatic heterocycles. The molecule has 5 nitrogen and oxygen atoms in total. The molecule has 4 rings (SSSR count). The topological polar surface area (TPSA) is 65.5 Å². The van der Waals surface area contributed by atoms with Crippen LogP contribution < -0.4 is 0 Å². The molecule has 0 radical (unpaired) electrons. The molecule has 0 atom stereocenters. The molecule has 0 aliphatic rings. The first-order valence-electron chi connectivity index (χ1n) is 10.5. The third-order valence-corrected chi connectivity index (χ3v) is 5.39. The van der Waals surface area contributed by atoms with Gasteiger partial charge in [0.05, 0.1) is 25.3 Å². The number of carbonyl (C=O) groups is 2. The van der Waals surface area contributed by atoms with E-state index < -0.39 is 11.9 Å². The van der Waals surface area contributed by atoms with Crippen LogP contribution in [0.2, 0.25) is 0 Å². The van der Waals surface area contributed by atoms with E-state index in [4.69, 9.17) is 9.47 Å². The van der Waals surface area contributed by atoms with Gasteiger partial charge in [-0.15, -0.1) is 0 Å². The van der Waals surface area contributed by atoms with Crippen LogP contribution in [0.25, 0.3) is 22.3 Å². The fraction of sp³-hybridized carbons (Fsp3) is 0.107. The molecular weight excluding hydrogens is 414 g/mol. The summed E-state index contributed by atoms with van der Waals surface area (Å²) < 4.78 is 9.99. The Balaban J connectivity index is 1.92. The molecule has 1 aromatic heterocycles. The number of methoxy groups -OCH3 is 2. The number of hydrogen-bond acceptors (Lipinski definition) is 5. The number of esters is 2. The minimum absolute atomic E-state index is 0.405. The van der Waals surface area contributed by atoms with Crippen LogP contribution >= 0.6 is 0 Å². The highest BCUT2D eigenvalue weighted by atomic mass is 16.5. The highest BCUT2D eigenvalue weighted by molar-refractivity contribution is 5.99. The van der Waals surface area contributed by atoms with Crippen LogP contribution in [0.1, 0.15) is 32.0 Å². The maximum absolute atomic E-state index is 12.4. The SMILES string of the molecule is COC(=O)c1ccccc1-c1cc(Cc2ccccn2)cc(-c2ccccc2C(=O)OC)c1. The molecule has 0 fully saturated rings. The van der Waals surface area contributed by atoms with Crippen molar-refractivity contribution in [2.75, 3.05) is 14.2 Å². The van der Waals surface area contributed by atoms with Crippen LogP contribution in [0, 0.1) is 0 Å². The molecule has 1 heterocycles. The first-order valence-corrected chi connectivity index (χ1v) is 10.5. The molecule has 0 saturated heterocycles. The van der Waals surface area contributed by atoms with Crippen LogP contribution in [0.4, 0.5) is 0 Å². The van der Waals surface area contributed by atoms with Gasteiger partial charge >= 0.3 is 11.9 Å². The molecule has 0 bridgehead atoms. The van der Waals surface area contributed by atoms with Gasteiger partial charge in [0.1, 0.15) is 0 Å². The van der Waals surface area contributed by atoms with Gasteiger partial charge < -0.3 is 9.47 Å². The number of ether oxygens (including phenoxy) is 2. The first kappa shape index (κ1) is 22.0. The first-order chi connectivity index (χ1) is 16.1. The van der Waals surface area contributed by atoms with Crippen molar-refractivity contribution < 1.29 is 19.1 Å². The van der Waals surface area contributed by atoms with Gasteiger partial charge in [0.2, 0.25) is 0 Å². The summed E-state index contributed by atoms with van der Waals surface area (Å²) in [5, 5.41) is 0. The summed E-state index contributed by atoms with van der Waals surface area (Å²) in [4.78, 5) is 29.3. The molecule has 0 spiro atoms. The Labute approximate surface area is 192 Å². The number of aromatic nitrogens is 1. The number of benzene rings is 3. The fourth-order valence-electron chi connectivity index (χ4n) is 3.86. The highest BCUT2D eigenvalue weighted by Crippen LogP contribution is 2.33. The van der Waals surface area contributed by atoms with Crippen molar-refractivity contribution in [1.29, 1.82) is 0 Å². The summed E-state index contributed by atoms with van der Waals surface area (Å²) in [5.41, 5.74) is 6.07. The van der Waals surface area contributed by atoms with E-state index in [-0.39, 0.29) is 0 Å². The minimum atomic E-state index is -0.405. The Morgan fingerprint density at radius 3 is 1.70 bits per heavy atom. The largest absolute Gasteiger partial charge is 0.465 e. The number of hydrogen-bond donors (Lipinski definition) is 0. The van der Waals surface area contributed by atoms with Gasteiger partial charge in [-0.25, -0.2) is 9.59 Å². The lowest BCUT2D eigenvalue weighted by atomic mass is 9.91. The van der Waals surface area contributed by atoms with Gasteiger partial charge in [-0.3, -0.25) is 4.98 Å². The molecule has 33 heavy (non-hydrogen) atoms. The van der Waals surface area contributed by atoms with E-state index in [1.165, 1.54) is 14.2 Å². The number of carbonyl (C=O) groups excluding carboxylic acids is 2. The minimum Gasteiger partial charge on any atom is -0.465 e. The summed E-state index contributed by atoms with van der Waals surface area (Å²) in [6, 6.07) is 26.5. The Kier molecular flexibility index (Phi) is 6.60. The number of nitrogens with zero attached hydrogens (tertiary/aromatic N) is 1. The van der Waals surface area contributed by atoms with Crippen molar-refractivity contribution >= 4 is 11.9 Å². The maximum Gasteiger partial charge on any atom is 0.338 e. The molecule has 164 valence electrons.